The predicted octanol–water partition coefficient (Wildman–Crippen LogP) is 2.57. The molecule has 0 unspecified atom stereocenters. The molecule has 0 aliphatic carbocycles. The van der Waals surface area contributed by atoms with Crippen molar-refractivity contribution >= 4 is 11.8 Å². The van der Waals surface area contributed by atoms with E-state index < -0.39 is 0 Å². The molecule has 17 heavy (non-hydrogen) atoms. The predicted molar refractivity (Wildman–Crippen MR) is 70.2 cm³/mol. The molecule has 1 aromatic rings. The van der Waals surface area contributed by atoms with Crippen LogP contribution in [0.25, 0.3) is 0 Å². The standard InChI is InChI=1S/C12H21N3OS/c1-2-17-9-7-11-14-12(15-16-11)10-6-4-3-5-8-13-10/h10,13H,2-9H2,1H3/t10-/m1/s1. The fourth-order valence-electron chi connectivity index (χ4n) is 2.06. The van der Waals surface area contributed by atoms with Crippen LogP contribution in [0.1, 0.15) is 50.4 Å². The van der Waals surface area contributed by atoms with Crippen LogP contribution in [-0.2, 0) is 6.42 Å². The molecule has 1 fully saturated rings. The van der Waals surface area contributed by atoms with Crippen LogP contribution in [0.4, 0.5) is 0 Å². The fourth-order valence-corrected chi connectivity index (χ4v) is 2.67. The Bertz CT molecular complexity index is 321. The van der Waals surface area contributed by atoms with Crippen LogP contribution >= 0.6 is 11.8 Å². The summed E-state index contributed by atoms with van der Waals surface area (Å²) in [5.41, 5.74) is 0. The number of hydrogen-bond donors (Lipinski definition) is 1. The highest BCUT2D eigenvalue weighted by Crippen LogP contribution is 2.20. The number of rotatable bonds is 5. The molecule has 2 rings (SSSR count). The first kappa shape index (κ1) is 12.9. The topological polar surface area (TPSA) is 51.0 Å². The van der Waals surface area contributed by atoms with Crippen molar-refractivity contribution in [2.24, 2.45) is 0 Å². The molecule has 5 heteroatoms. The van der Waals surface area contributed by atoms with Gasteiger partial charge in [0.1, 0.15) is 0 Å². The quantitative estimate of drug-likeness (QED) is 0.820. The molecule has 4 nitrogen and oxygen atoms in total. The Kier molecular flexibility index (Phi) is 5.32. The van der Waals surface area contributed by atoms with Gasteiger partial charge in [-0.3, -0.25) is 0 Å². The molecule has 1 aromatic heterocycles. The van der Waals surface area contributed by atoms with Crippen molar-refractivity contribution in [2.75, 3.05) is 18.1 Å². The molecular weight excluding hydrogens is 234 g/mol. The van der Waals surface area contributed by atoms with E-state index in [1.807, 2.05) is 11.8 Å². The zero-order valence-corrected chi connectivity index (χ0v) is 11.3. The summed E-state index contributed by atoms with van der Waals surface area (Å²) in [6, 6.07) is 0.300. The van der Waals surface area contributed by atoms with Gasteiger partial charge in [-0.25, -0.2) is 0 Å². The van der Waals surface area contributed by atoms with Gasteiger partial charge in [-0.1, -0.05) is 24.9 Å². The van der Waals surface area contributed by atoms with Gasteiger partial charge < -0.3 is 9.84 Å². The molecule has 1 atom stereocenters. The second kappa shape index (κ2) is 7.01. The first-order valence-electron chi connectivity index (χ1n) is 6.53. The summed E-state index contributed by atoms with van der Waals surface area (Å²) in [4.78, 5) is 4.49. The molecule has 2 heterocycles. The van der Waals surface area contributed by atoms with Crippen molar-refractivity contribution in [3.8, 4) is 0 Å². The highest BCUT2D eigenvalue weighted by Gasteiger charge is 2.19. The van der Waals surface area contributed by atoms with Crippen molar-refractivity contribution < 1.29 is 4.52 Å². The van der Waals surface area contributed by atoms with E-state index in [1.54, 1.807) is 0 Å². The van der Waals surface area contributed by atoms with Crippen LogP contribution in [0.2, 0.25) is 0 Å². The Morgan fingerprint density at radius 3 is 3.24 bits per heavy atom. The van der Waals surface area contributed by atoms with E-state index in [2.05, 4.69) is 22.4 Å². The molecule has 0 aromatic carbocycles. The van der Waals surface area contributed by atoms with Crippen LogP contribution in [-0.4, -0.2) is 28.2 Å². The third-order valence-corrected chi connectivity index (χ3v) is 3.92. The van der Waals surface area contributed by atoms with Crippen LogP contribution in [0, 0.1) is 0 Å². The van der Waals surface area contributed by atoms with Gasteiger partial charge in [-0.05, 0) is 25.1 Å². The monoisotopic (exact) mass is 255 g/mol. The minimum atomic E-state index is 0.300. The van der Waals surface area contributed by atoms with Gasteiger partial charge in [0.15, 0.2) is 5.82 Å². The van der Waals surface area contributed by atoms with Gasteiger partial charge in [0.25, 0.3) is 0 Å². The van der Waals surface area contributed by atoms with Crippen LogP contribution in [0.5, 0.6) is 0 Å². The summed E-state index contributed by atoms with van der Waals surface area (Å²) >= 11 is 1.91. The van der Waals surface area contributed by atoms with E-state index in [-0.39, 0.29) is 0 Å². The lowest BCUT2D eigenvalue weighted by Gasteiger charge is -2.09. The molecule has 0 amide bonds. The summed E-state index contributed by atoms with van der Waals surface area (Å²) in [5.74, 6) is 3.84. The average molecular weight is 255 g/mol. The SMILES string of the molecule is CCSCCc1nc([C@H]2CCCCCN2)no1. The molecule has 0 saturated carbocycles. The maximum atomic E-state index is 5.29. The first-order valence-corrected chi connectivity index (χ1v) is 7.69. The molecular formula is C12H21N3OS. The Morgan fingerprint density at radius 1 is 1.41 bits per heavy atom. The minimum absolute atomic E-state index is 0.300. The van der Waals surface area contributed by atoms with E-state index in [4.69, 9.17) is 4.52 Å². The lowest BCUT2D eigenvalue weighted by Crippen LogP contribution is -2.21. The van der Waals surface area contributed by atoms with Crippen molar-refractivity contribution in [1.29, 1.82) is 0 Å². The molecule has 1 aliphatic heterocycles. The zero-order chi connectivity index (χ0) is 11.9. The number of hydrogen-bond acceptors (Lipinski definition) is 5. The number of nitrogens with zero attached hydrogens (tertiary/aromatic N) is 2. The summed E-state index contributed by atoms with van der Waals surface area (Å²) in [6.45, 7) is 3.24. The lowest BCUT2D eigenvalue weighted by atomic mass is 10.1. The summed E-state index contributed by atoms with van der Waals surface area (Å²) in [6.07, 6.45) is 5.84. The minimum Gasteiger partial charge on any atom is -0.339 e. The van der Waals surface area contributed by atoms with Gasteiger partial charge >= 0.3 is 0 Å². The van der Waals surface area contributed by atoms with Gasteiger partial charge in [-0.15, -0.1) is 0 Å². The van der Waals surface area contributed by atoms with Gasteiger partial charge in [0.05, 0.1) is 6.04 Å². The molecule has 1 saturated heterocycles. The van der Waals surface area contributed by atoms with Crippen molar-refractivity contribution in [1.82, 2.24) is 15.5 Å². The molecule has 1 aliphatic rings. The first-order chi connectivity index (χ1) is 8.40. The van der Waals surface area contributed by atoms with E-state index >= 15 is 0 Å². The third kappa shape index (κ3) is 4.00. The Morgan fingerprint density at radius 2 is 2.35 bits per heavy atom. The smallest absolute Gasteiger partial charge is 0.227 e. The normalized spacial score (nSPS) is 21.4. The highest BCUT2D eigenvalue weighted by atomic mass is 32.2. The zero-order valence-electron chi connectivity index (χ0n) is 10.4. The van der Waals surface area contributed by atoms with Gasteiger partial charge in [-0.2, -0.15) is 16.7 Å². The Balaban J connectivity index is 1.87. The Hall–Kier alpha value is -0.550. The highest BCUT2D eigenvalue weighted by molar-refractivity contribution is 7.99. The van der Waals surface area contributed by atoms with Crippen molar-refractivity contribution in [2.45, 2.75) is 45.1 Å². The summed E-state index contributed by atoms with van der Waals surface area (Å²) in [5, 5.41) is 7.59. The van der Waals surface area contributed by atoms with E-state index in [9.17, 15) is 0 Å². The molecule has 0 bridgehead atoms. The van der Waals surface area contributed by atoms with E-state index in [1.165, 1.54) is 19.3 Å². The fraction of sp³-hybridized carbons (Fsp3) is 0.833. The number of aromatic nitrogens is 2. The molecule has 1 N–H and O–H groups in total. The molecule has 0 spiro atoms. The second-order valence-electron chi connectivity index (χ2n) is 4.35. The van der Waals surface area contributed by atoms with Crippen LogP contribution in [0.3, 0.4) is 0 Å². The summed E-state index contributed by atoms with van der Waals surface area (Å²) < 4.78 is 5.29. The maximum Gasteiger partial charge on any atom is 0.227 e. The largest absolute Gasteiger partial charge is 0.339 e. The maximum absolute atomic E-state index is 5.29. The van der Waals surface area contributed by atoms with E-state index in [0.717, 1.165) is 42.6 Å². The second-order valence-corrected chi connectivity index (χ2v) is 5.74. The van der Waals surface area contributed by atoms with Crippen LogP contribution in [0.15, 0.2) is 4.52 Å². The average Bonchev–Trinajstić information content (AvgIpc) is 2.64. The molecule has 96 valence electrons. The van der Waals surface area contributed by atoms with E-state index in [0.29, 0.717) is 6.04 Å². The third-order valence-electron chi connectivity index (χ3n) is 3.02. The van der Waals surface area contributed by atoms with Gasteiger partial charge in [0, 0.05) is 12.2 Å². The lowest BCUT2D eigenvalue weighted by molar-refractivity contribution is 0.367. The van der Waals surface area contributed by atoms with Crippen molar-refractivity contribution in [3.05, 3.63) is 11.7 Å². The molecule has 0 radical (unpaired) electrons. The van der Waals surface area contributed by atoms with Crippen molar-refractivity contribution in [3.63, 3.8) is 0 Å². The Labute approximate surface area is 107 Å². The van der Waals surface area contributed by atoms with Crippen LogP contribution < -0.4 is 5.32 Å². The van der Waals surface area contributed by atoms with Gasteiger partial charge in [0.2, 0.25) is 5.89 Å². The number of aryl methyl sites for hydroxylation is 1. The number of nitrogens with one attached hydrogen (secondary N) is 1. The number of thioether (sulfide) groups is 1. The summed E-state index contributed by atoms with van der Waals surface area (Å²) in [7, 11) is 0.